The highest BCUT2D eigenvalue weighted by molar-refractivity contribution is 5.50. The first-order valence-corrected chi connectivity index (χ1v) is 7.14. The highest BCUT2D eigenvalue weighted by Crippen LogP contribution is 2.19. The van der Waals surface area contributed by atoms with Gasteiger partial charge in [-0.25, -0.2) is 0 Å². The van der Waals surface area contributed by atoms with Crippen LogP contribution in [0.15, 0.2) is 18.2 Å². The van der Waals surface area contributed by atoms with Crippen LogP contribution >= 0.6 is 0 Å². The Morgan fingerprint density at radius 1 is 1.32 bits per heavy atom. The molecule has 1 aromatic carbocycles. The number of benzene rings is 1. The third-order valence-electron chi connectivity index (χ3n) is 3.43. The number of phenolic OH excluding ortho intramolecular Hbond substituents is 1. The van der Waals surface area contributed by atoms with Crippen molar-refractivity contribution in [1.82, 2.24) is 10.2 Å². The summed E-state index contributed by atoms with van der Waals surface area (Å²) in [7, 11) is 2.16. The molecular weight excluding hydrogens is 238 g/mol. The van der Waals surface area contributed by atoms with E-state index in [0.717, 1.165) is 30.9 Å². The van der Waals surface area contributed by atoms with Gasteiger partial charge < -0.3 is 21.1 Å². The monoisotopic (exact) mass is 265 g/mol. The van der Waals surface area contributed by atoms with E-state index in [1.165, 1.54) is 12.8 Å². The molecule has 1 aromatic rings. The Morgan fingerprint density at radius 3 is 2.58 bits per heavy atom. The number of likely N-dealkylation sites (tertiary alicyclic amines) is 1. The van der Waals surface area contributed by atoms with Crippen molar-refractivity contribution in [2.24, 2.45) is 0 Å². The number of rotatable bonds is 3. The van der Waals surface area contributed by atoms with Crippen molar-refractivity contribution in [2.45, 2.75) is 39.3 Å². The molecule has 0 aliphatic carbocycles. The summed E-state index contributed by atoms with van der Waals surface area (Å²) in [6.07, 6.45) is 2.35. The molecule has 0 atom stereocenters. The molecule has 4 heteroatoms. The summed E-state index contributed by atoms with van der Waals surface area (Å²) >= 11 is 0. The van der Waals surface area contributed by atoms with Crippen LogP contribution in [0.2, 0.25) is 0 Å². The topological polar surface area (TPSA) is 61.5 Å². The van der Waals surface area contributed by atoms with E-state index >= 15 is 0 Å². The maximum absolute atomic E-state index is 9.42. The van der Waals surface area contributed by atoms with Gasteiger partial charge in [0.2, 0.25) is 0 Å². The highest BCUT2D eigenvalue weighted by Gasteiger charge is 2.16. The second kappa shape index (κ2) is 8.02. The molecule has 1 aliphatic heterocycles. The van der Waals surface area contributed by atoms with E-state index < -0.39 is 0 Å². The molecule has 108 valence electrons. The van der Waals surface area contributed by atoms with E-state index in [1.54, 1.807) is 18.2 Å². The van der Waals surface area contributed by atoms with Gasteiger partial charge in [0.25, 0.3) is 0 Å². The van der Waals surface area contributed by atoms with Crippen molar-refractivity contribution in [2.75, 3.05) is 25.9 Å². The number of nitrogens with two attached hydrogens (primary N) is 1. The van der Waals surface area contributed by atoms with Gasteiger partial charge in [-0.15, -0.1) is 0 Å². The third kappa shape index (κ3) is 5.09. The molecule has 19 heavy (non-hydrogen) atoms. The van der Waals surface area contributed by atoms with E-state index in [4.69, 9.17) is 5.73 Å². The van der Waals surface area contributed by atoms with Crippen LogP contribution < -0.4 is 11.1 Å². The van der Waals surface area contributed by atoms with Crippen molar-refractivity contribution in [1.29, 1.82) is 0 Å². The molecule has 0 aromatic heterocycles. The summed E-state index contributed by atoms with van der Waals surface area (Å²) in [5, 5.41) is 12.9. The maximum Gasteiger partial charge on any atom is 0.116 e. The first-order valence-electron chi connectivity index (χ1n) is 7.14. The Bertz CT molecular complexity index is 374. The maximum atomic E-state index is 9.42. The van der Waals surface area contributed by atoms with Crippen LogP contribution in [-0.4, -0.2) is 36.2 Å². The average molecular weight is 265 g/mol. The molecule has 0 saturated carbocycles. The first-order chi connectivity index (χ1) is 9.15. The van der Waals surface area contributed by atoms with Crippen molar-refractivity contribution >= 4 is 5.69 Å². The fourth-order valence-corrected chi connectivity index (χ4v) is 2.21. The predicted molar refractivity (Wildman–Crippen MR) is 81.2 cm³/mol. The molecule has 1 heterocycles. The molecule has 1 aliphatic rings. The van der Waals surface area contributed by atoms with E-state index in [1.807, 2.05) is 13.8 Å². The van der Waals surface area contributed by atoms with Gasteiger partial charge >= 0.3 is 0 Å². The lowest BCUT2D eigenvalue weighted by Gasteiger charge is -2.29. The molecular formula is C15H27N3O. The lowest BCUT2D eigenvalue weighted by atomic mass is 10.0. The smallest absolute Gasteiger partial charge is 0.116 e. The second-order valence-electron chi connectivity index (χ2n) is 4.84. The molecule has 0 radical (unpaired) electrons. The SMILES string of the molecule is CC.CN1CCC(NCc2cc(O)ccc2N)CC1. The van der Waals surface area contributed by atoms with Crippen LogP contribution in [-0.2, 0) is 6.54 Å². The number of nitrogens with one attached hydrogen (secondary N) is 1. The minimum Gasteiger partial charge on any atom is -0.508 e. The normalized spacial score (nSPS) is 16.8. The molecule has 0 bridgehead atoms. The Kier molecular flexibility index (Phi) is 6.67. The molecule has 4 nitrogen and oxygen atoms in total. The predicted octanol–water partition coefficient (Wildman–Crippen LogP) is 2.18. The third-order valence-corrected chi connectivity index (χ3v) is 3.43. The quantitative estimate of drug-likeness (QED) is 0.579. The van der Waals surface area contributed by atoms with E-state index in [2.05, 4.69) is 17.3 Å². The van der Waals surface area contributed by atoms with Gasteiger partial charge in [0.15, 0.2) is 0 Å². The molecule has 0 spiro atoms. The van der Waals surface area contributed by atoms with Crippen LogP contribution in [0.1, 0.15) is 32.3 Å². The van der Waals surface area contributed by atoms with Crippen LogP contribution in [0.3, 0.4) is 0 Å². The largest absolute Gasteiger partial charge is 0.508 e. The van der Waals surface area contributed by atoms with Gasteiger partial charge in [-0.05, 0) is 56.7 Å². The summed E-state index contributed by atoms with van der Waals surface area (Å²) in [4.78, 5) is 2.35. The number of nitrogens with zero attached hydrogens (tertiary/aromatic N) is 1. The number of aromatic hydroxyl groups is 1. The van der Waals surface area contributed by atoms with E-state index in [-0.39, 0.29) is 5.75 Å². The van der Waals surface area contributed by atoms with Gasteiger partial charge in [0.1, 0.15) is 5.75 Å². The number of hydrogen-bond donors (Lipinski definition) is 3. The van der Waals surface area contributed by atoms with Gasteiger partial charge in [-0.2, -0.15) is 0 Å². The highest BCUT2D eigenvalue weighted by atomic mass is 16.3. The number of phenols is 1. The van der Waals surface area contributed by atoms with E-state index in [9.17, 15) is 5.11 Å². The molecule has 1 saturated heterocycles. The Morgan fingerprint density at radius 2 is 1.95 bits per heavy atom. The zero-order valence-corrected chi connectivity index (χ0v) is 12.3. The fourth-order valence-electron chi connectivity index (χ4n) is 2.21. The minimum atomic E-state index is 0.277. The standard InChI is InChI=1S/C13H21N3O.C2H6/c1-16-6-4-11(5-7-16)15-9-10-8-12(17)2-3-13(10)14;1-2/h2-3,8,11,15,17H,4-7,9,14H2,1H3;1-2H3. The summed E-state index contributed by atoms with van der Waals surface area (Å²) in [5.41, 5.74) is 7.58. The minimum absolute atomic E-state index is 0.277. The summed E-state index contributed by atoms with van der Waals surface area (Å²) < 4.78 is 0. The lowest BCUT2D eigenvalue weighted by Crippen LogP contribution is -2.40. The van der Waals surface area contributed by atoms with Crippen LogP contribution in [0.25, 0.3) is 0 Å². The van der Waals surface area contributed by atoms with Gasteiger partial charge in [-0.3, -0.25) is 0 Å². The van der Waals surface area contributed by atoms with E-state index in [0.29, 0.717) is 6.04 Å². The summed E-state index contributed by atoms with van der Waals surface area (Å²) in [5.74, 6) is 0.277. The summed E-state index contributed by atoms with van der Waals surface area (Å²) in [6.45, 7) is 7.02. The molecule has 4 N–H and O–H groups in total. The van der Waals surface area contributed by atoms with Crippen LogP contribution in [0.5, 0.6) is 5.75 Å². The van der Waals surface area contributed by atoms with Gasteiger partial charge in [0, 0.05) is 18.3 Å². The number of hydrogen-bond acceptors (Lipinski definition) is 4. The molecule has 2 rings (SSSR count). The van der Waals surface area contributed by atoms with Crippen molar-refractivity contribution in [3.05, 3.63) is 23.8 Å². The first kappa shape index (κ1) is 15.8. The molecule has 0 amide bonds. The zero-order chi connectivity index (χ0) is 14.3. The fraction of sp³-hybridized carbons (Fsp3) is 0.600. The molecule has 0 unspecified atom stereocenters. The van der Waals surface area contributed by atoms with Crippen molar-refractivity contribution < 1.29 is 5.11 Å². The second-order valence-corrected chi connectivity index (χ2v) is 4.84. The number of nitrogen functional groups attached to an aromatic ring is 1. The van der Waals surface area contributed by atoms with Crippen molar-refractivity contribution in [3.8, 4) is 5.75 Å². The van der Waals surface area contributed by atoms with Crippen molar-refractivity contribution in [3.63, 3.8) is 0 Å². The van der Waals surface area contributed by atoms with Crippen LogP contribution in [0, 0.1) is 0 Å². The lowest BCUT2D eigenvalue weighted by molar-refractivity contribution is 0.234. The summed E-state index contributed by atoms with van der Waals surface area (Å²) in [6, 6.07) is 5.67. The van der Waals surface area contributed by atoms with Crippen LogP contribution in [0.4, 0.5) is 5.69 Å². The Labute approximate surface area is 116 Å². The number of anilines is 1. The Hall–Kier alpha value is -1.26. The Balaban J connectivity index is 0.000000861. The molecule has 1 fully saturated rings. The number of piperidine rings is 1. The zero-order valence-electron chi connectivity index (χ0n) is 12.3. The van der Waals surface area contributed by atoms with Gasteiger partial charge in [0.05, 0.1) is 0 Å². The average Bonchev–Trinajstić information content (AvgIpc) is 2.44. The van der Waals surface area contributed by atoms with Gasteiger partial charge in [-0.1, -0.05) is 13.8 Å².